The summed E-state index contributed by atoms with van der Waals surface area (Å²) < 4.78 is 0. The first kappa shape index (κ1) is 10.1. The highest BCUT2D eigenvalue weighted by Crippen LogP contribution is 2.15. The van der Waals surface area contributed by atoms with E-state index in [9.17, 15) is 0 Å². The van der Waals surface area contributed by atoms with Crippen molar-refractivity contribution in [3.05, 3.63) is 24.3 Å². The monoisotopic (exact) mass is 203 g/mol. The molecule has 2 rings (SSSR count). The second kappa shape index (κ2) is 4.43. The van der Waals surface area contributed by atoms with Crippen molar-refractivity contribution in [2.75, 3.05) is 0 Å². The minimum atomic E-state index is 0.400. The number of hydrogen-bond acceptors (Lipinski definition) is 2. The van der Waals surface area contributed by atoms with Crippen molar-refractivity contribution in [2.24, 2.45) is 0 Å². The molecule has 0 saturated heterocycles. The minimum absolute atomic E-state index is 0.400. The predicted molar refractivity (Wildman–Crippen MR) is 61.8 cm³/mol. The Hall–Kier alpha value is -1.38. The van der Waals surface area contributed by atoms with E-state index in [1.54, 1.807) is 0 Å². The van der Waals surface area contributed by atoms with Gasteiger partial charge >= 0.3 is 0 Å². The molecule has 0 N–H and O–H groups in total. The van der Waals surface area contributed by atoms with E-state index in [1.165, 1.54) is 12.8 Å². The normalized spacial score (nSPS) is 13.2. The number of nitrogens with zero attached hydrogens (tertiary/aromatic N) is 3. The largest absolute Gasteiger partial charge is 0.181 e. The summed E-state index contributed by atoms with van der Waals surface area (Å²) >= 11 is 0. The summed E-state index contributed by atoms with van der Waals surface area (Å²) in [4.78, 5) is 1.85. The summed E-state index contributed by atoms with van der Waals surface area (Å²) in [5, 5.41) is 8.94. The minimum Gasteiger partial charge on any atom is -0.181 e. The van der Waals surface area contributed by atoms with Gasteiger partial charge in [0.15, 0.2) is 0 Å². The van der Waals surface area contributed by atoms with Crippen LogP contribution in [0.3, 0.4) is 0 Å². The average molecular weight is 203 g/mol. The van der Waals surface area contributed by atoms with Gasteiger partial charge in [-0.3, -0.25) is 0 Å². The third-order valence-electron chi connectivity index (χ3n) is 2.67. The van der Waals surface area contributed by atoms with Crippen molar-refractivity contribution >= 4 is 11.0 Å². The first-order chi connectivity index (χ1) is 7.31. The Morgan fingerprint density at radius 3 is 2.33 bits per heavy atom. The molecule has 1 unspecified atom stereocenters. The van der Waals surface area contributed by atoms with Crippen LogP contribution >= 0.6 is 0 Å². The summed E-state index contributed by atoms with van der Waals surface area (Å²) in [7, 11) is 0. The first-order valence-electron chi connectivity index (χ1n) is 5.63. The zero-order valence-corrected chi connectivity index (χ0v) is 9.35. The topological polar surface area (TPSA) is 30.7 Å². The van der Waals surface area contributed by atoms with Gasteiger partial charge in [0.2, 0.25) is 0 Å². The van der Waals surface area contributed by atoms with Crippen LogP contribution in [0.25, 0.3) is 11.0 Å². The lowest BCUT2D eigenvalue weighted by Crippen LogP contribution is -2.08. The van der Waals surface area contributed by atoms with E-state index in [0.717, 1.165) is 17.5 Å². The molecule has 1 heterocycles. The van der Waals surface area contributed by atoms with E-state index < -0.39 is 0 Å². The maximum Gasteiger partial charge on any atom is 0.113 e. The molecule has 0 radical (unpaired) electrons. The molecule has 1 atom stereocenters. The van der Waals surface area contributed by atoms with Crippen molar-refractivity contribution in [1.82, 2.24) is 15.0 Å². The van der Waals surface area contributed by atoms with Crippen molar-refractivity contribution in [1.29, 1.82) is 0 Å². The predicted octanol–water partition coefficient (Wildman–Crippen LogP) is 3.18. The van der Waals surface area contributed by atoms with Crippen LogP contribution in [0.1, 0.15) is 39.2 Å². The van der Waals surface area contributed by atoms with Crippen molar-refractivity contribution in [3.8, 4) is 0 Å². The maximum absolute atomic E-state index is 4.47. The fourth-order valence-electron chi connectivity index (χ4n) is 1.69. The van der Waals surface area contributed by atoms with E-state index in [0.29, 0.717) is 6.04 Å². The summed E-state index contributed by atoms with van der Waals surface area (Å²) in [6.45, 7) is 4.38. The summed E-state index contributed by atoms with van der Waals surface area (Å²) in [5.74, 6) is 0. The lowest BCUT2D eigenvalue weighted by molar-refractivity contribution is 0.402. The molecule has 3 heteroatoms. The van der Waals surface area contributed by atoms with Crippen LogP contribution in [0, 0.1) is 0 Å². The summed E-state index contributed by atoms with van der Waals surface area (Å²) in [6, 6.07) is 8.41. The summed E-state index contributed by atoms with van der Waals surface area (Å²) in [5.41, 5.74) is 1.97. The van der Waals surface area contributed by atoms with Crippen LogP contribution in [0.15, 0.2) is 24.3 Å². The molecule has 1 aromatic heterocycles. The van der Waals surface area contributed by atoms with Crippen LogP contribution in [0.4, 0.5) is 0 Å². The molecule has 15 heavy (non-hydrogen) atoms. The van der Waals surface area contributed by atoms with Crippen LogP contribution < -0.4 is 0 Å². The molecule has 0 amide bonds. The van der Waals surface area contributed by atoms with E-state index in [4.69, 9.17) is 0 Å². The van der Waals surface area contributed by atoms with Gasteiger partial charge in [-0.25, -0.2) is 0 Å². The average Bonchev–Trinajstić information content (AvgIpc) is 2.69. The van der Waals surface area contributed by atoms with E-state index >= 15 is 0 Å². The lowest BCUT2D eigenvalue weighted by Gasteiger charge is -2.08. The molecule has 0 bridgehead atoms. The Bertz CT molecular complexity index is 400. The second-order valence-corrected chi connectivity index (χ2v) is 4.00. The number of benzene rings is 1. The van der Waals surface area contributed by atoms with Crippen LogP contribution in [-0.2, 0) is 0 Å². The fraction of sp³-hybridized carbons (Fsp3) is 0.500. The highest BCUT2D eigenvalue weighted by atomic mass is 15.5. The molecule has 0 aliphatic heterocycles. The highest BCUT2D eigenvalue weighted by Gasteiger charge is 2.07. The Labute approximate surface area is 90.1 Å². The standard InChI is InChI=1S/C12H17N3/c1-3-4-7-10(2)15-13-11-8-5-6-9-12(11)14-15/h5-6,8-10H,3-4,7H2,1-2H3. The van der Waals surface area contributed by atoms with Crippen molar-refractivity contribution < 1.29 is 0 Å². The van der Waals surface area contributed by atoms with Crippen molar-refractivity contribution in [3.63, 3.8) is 0 Å². The van der Waals surface area contributed by atoms with Gasteiger partial charge in [-0.1, -0.05) is 31.9 Å². The number of unbranched alkanes of at least 4 members (excludes halogenated alkanes) is 1. The van der Waals surface area contributed by atoms with E-state index in [-0.39, 0.29) is 0 Å². The number of rotatable bonds is 4. The summed E-state index contributed by atoms with van der Waals surface area (Å²) in [6.07, 6.45) is 3.61. The molecule has 0 spiro atoms. The smallest absolute Gasteiger partial charge is 0.113 e. The number of fused-ring (bicyclic) bond motifs is 1. The zero-order chi connectivity index (χ0) is 10.7. The van der Waals surface area contributed by atoms with Crippen LogP contribution in [0.5, 0.6) is 0 Å². The molecular formula is C12H17N3. The van der Waals surface area contributed by atoms with Gasteiger partial charge in [0, 0.05) is 0 Å². The molecule has 1 aromatic carbocycles. The molecule has 3 nitrogen and oxygen atoms in total. The molecule has 80 valence electrons. The van der Waals surface area contributed by atoms with Gasteiger partial charge in [0.1, 0.15) is 11.0 Å². The SMILES string of the molecule is CCCCC(C)n1nc2ccccc2n1. The fourth-order valence-corrected chi connectivity index (χ4v) is 1.69. The highest BCUT2D eigenvalue weighted by molar-refractivity contribution is 5.72. The van der Waals surface area contributed by atoms with Crippen molar-refractivity contribution in [2.45, 2.75) is 39.2 Å². The van der Waals surface area contributed by atoms with Gasteiger partial charge in [-0.15, -0.1) is 0 Å². The van der Waals surface area contributed by atoms with Crippen LogP contribution in [0.2, 0.25) is 0 Å². The van der Waals surface area contributed by atoms with Gasteiger partial charge < -0.3 is 0 Å². The van der Waals surface area contributed by atoms with Gasteiger partial charge in [-0.2, -0.15) is 15.0 Å². The molecule has 0 aliphatic rings. The Balaban J connectivity index is 2.20. The lowest BCUT2D eigenvalue weighted by atomic mass is 10.1. The molecule has 0 saturated carbocycles. The number of aromatic nitrogens is 3. The molecule has 0 fully saturated rings. The van der Waals surface area contributed by atoms with E-state index in [2.05, 4.69) is 24.0 Å². The van der Waals surface area contributed by atoms with Gasteiger partial charge in [-0.05, 0) is 25.5 Å². The van der Waals surface area contributed by atoms with Crippen LogP contribution in [-0.4, -0.2) is 15.0 Å². The third-order valence-corrected chi connectivity index (χ3v) is 2.67. The van der Waals surface area contributed by atoms with Gasteiger partial charge in [0.05, 0.1) is 6.04 Å². The molecule has 2 aromatic rings. The van der Waals surface area contributed by atoms with E-state index in [1.807, 2.05) is 29.1 Å². The van der Waals surface area contributed by atoms with Gasteiger partial charge in [0.25, 0.3) is 0 Å². The first-order valence-corrected chi connectivity index (χ1v) is 5.63. The Morgan fingerprint density at radius 1 is 1.20 bits per heavy atom. The molecule has 0 aliphatic carbocycles. The quantitative estimate of drug-likeness (QED) is 0.764. The Kier molecular flexibility index (Phi) is 2.99. The Morgan fingerprint density at radius 2 is 1.80 bits per heavy atom. The third kappa shape index (κ3) is 2.17. The maximum atomic E-state index is 4.47. The zero-order valence-electron chi connectivity index (χ0n) is 9.35. The molecular weight excluding hydrogens is 186 g/mol. The second-order valence-electron chi connectivity index (χ2n) is 4.00. The number of hydrogen-bond donors (Lipinski definition) is 0.